The van der Waals surface area contributed by atoms with Gasteiger partial charge in [-0.05, 0) is 67.8 Å². The molecule has 1 N–H and O–H groups in total. The van der Waals surface area contributed by atoms with Crippen LogP contribution >= 0.6 is 0 Å². The molecule has 6 nitrogen and oxygen atoms in total. The summed E-state index contributed by atoms with van der Waals surface area (Å²) in [4.78, 5) is 31.7. The highest BCUT2D eigenvalue weighted by molar-refractivity contribution is 6.46. The topological polar surface area (TPSA) is 79.7 Å². The molecular weight excluding hydrogens is 435 g/mol. The lowest BCUT2D eigenvalue weighted by Crippen LogP contribution is -2.31. The predicted molar refractivity (Wildman–Crippen MR) is 126 cm³/mol. The minimum atomic E-state index is -0.780. The number of benzene rings is 2. The van der Waals surface area contributed by atoms with Crippen molar-refractivity contribution < 1.29 is 23.8 Å². The van der Waals surface area contributed by atoms with Crippen LogP contribution in [0.5, 0.6) is 5.75 Å². The van der Waals surface area contributed by atoms with E-state index in [4.69, 9.17) is 4.74 Å². The molecule has 34 heavy (non-hydrogen) atoms. The van der Waals surface area contributed by atoms with Crippen molar-refractivity contribution in [3.05, 3.63) is 101 Å². The number of Topliss-reactive ketones (excluding diaryl/α,β-unsaturated/α-hetero) is 1. The smallest absolute Gasteiger partial charge is 0.295 e. The van der Waals surface area contributed by atoms with E-state index in [-0.39, 0.29) is 29.8 Å². The second-order valence-corrected chi connectivity index (χ2v) is 8.34. The highest BCUT2D eigenvalue weighted by Gasteiger charge is 2.45. The molecule has 2 aromatic carbocycles. The van der Waals surface area contributed by atoms with Crippen LogP contribution in [0.2, 0.25) is 0 Å². The summed E-state index contributed by atoms with van der Waals surface area (Å²) >= 11 is 0. The molecule has 1 aliphatic rings. The van der Waals surface area contributed by atoms with Crippen molar-refractivity contribution in [1.82, 2.24) is 9.88 Å². The van der Waals surface area contributed by atoms with Gasteiger partial charge in [0.1, 0.15) is 17.3 Å². The number of pyridine rings is 1. The van der Waals surface area contributed by atoms with Gasteiger partial charge in [-0.15, -0.1) is 0 Å². The number of aliphatic hydroxyl groups is 1. The summed E-state index contributed by atoms with van der Waals surface area (Å²) in [7, 11) is 0. The first-order chi connectivity index (χ1) is 16.3. The molecule has 1 fully saturated rings. The van der Waals surface area contributed by atoms with E-state index >= 15 is 0 Å². The monoisotopic (exact) mass is 460 g/mol. The first-order valence-electron chi connectivity index (χ1n) is 11.0. The molecule has 7 heteroatoms. The summed E-state index contributed by atoms with van der Waals surface area (Å²) < 4.78 is 19.0. The summed E-state index contributed by atoms with van der Waals surface area (Å²) in [6, 6.07) is 15.5. The Labute approximate surface area is 197 Å². The van der Waals surface area contributed by atoms with Gasteiger partial charge in [0.25, 0.3) is 11.7 Å². The Morgan fingerprint density at radius 3 is 2.47 bits per heavy atom. The van der Waals surface area contributed by atoms with Crippen LogP contribution < -0.4 is 4.74 Å². The Hall–Kier alpha value is -4.00. The normalized spacial score (nSPS) is 17.4. The molecule has 1 amide bonds. The first kappa shape index (κ1) is 23.2. The molecule has 1 saturated heterocycles. The highest BCUT2D eigenvalue weighted by atomic mass is 19.1. The summed E-state index contributed by atoms with van der Waals surface area (Å²) in [5.74, 6) is -1.51. The van der Waals surface area contributed by atoms with Crippen molar-refractivity contribution in [2.24, 2.45) is 0 Å². The van der Waals surface area contributed by atoms with Gasteiger partial charge in [0.05, 0.1) is 17.7 Å². The third kappa shape index (κ3) is 4.83. The summed E-state index contributed by atoms with van der Waals surface area (Å²) in [5, 5.41) is 11.2. The fourth-order valence-corrected chi connectivity index (χ4v) is 4.05. The quantitative estimate of drug-likeness (QED) is 0.315. The third-order valence-electron chi connectivity index (χ3n) is 5.60. The zero-order chi connectivity index (χ0) is 24.2. The molecule has 2 heterocycles. The minimum Gasteiger partial charge on any atom is -0.507 e. The Kier molecular flexibility index (Phi) is 6.72. The van der Waals surface area contributed by atoms with Crippen molar-refractivity contribution in [3.63, 3.8) is 0 Å². The average Bonchev–Trinajstić information content (AvgIpc) is 3.08. The Morgan fingerprint density at radius 2 is 1.79 bits per heavy atom. The van der Waals surface area contributed by atoms with Crippen LogP contribution in [0.1, 0.15) is 36.6 Å². The molecule has 1 aromatic heterocycles. The number of aromatic nitrogens is 1. The van der Waals surface area contributed by atoms with E-state index in [2.05, 4.69) is 4.98 Å². The average molecular weight is 461 g/mol. The number of halogens is 1. The van der Waals surface area contributed by atoms with Gasteiger partial charge in [-0.2, -0.15) is 0 Å². The van der Waals surface area contributed by atoms with E-state index in [1.54, 1.807) is 60.9 Å². The van der Waals surface area contributed by atoms with Crippen molar-refractivity contribution in [2.75, 3.05) is 6.54 Å². The zero-order valence-electron chi connectivity index (χ0n) is 18.9. The summed E-state index contributed by atoms with van der Waals surface area (Å²) in [6.07, 6.45) is 3.51. The molecule has 4 rings (SSSR count). The molecule has 1 aliphatic heterocycles. The van der Waals surface area contributed by atoms with Gasteiger partial charge in [0.2, 0.25) is 0 Å². The van der Waals surface area contributed by atoms with E-state index in [9.17, 15) is 19.1 Å². The minimum absolute atomic E-state index is 0.0111. The second-order valence-electron chi connectivity index (χ2n) is 8.34. The van der Waals surface area contributed by atoms with Crippen molar-refractivity contribution in [1.29, 1.82) is 0 Å². The van der Waals surface area contributed by atoms with Gasteiger partial charge in [-0.25, -0.2) is 4.39 Å². The van der Waals surface area contributed by atoms with E-state index in [1.807, 2.05) is 13.8 Å². The number of amides is 1. The SMILES string of the molecule is CC(C)Oc1cccc(/C(O)=C2/C(=O)C(=O)N(CCc3ccc(F)cc3)C2c2ccncc2)c1. The molecule has 0 bridgehead atoms. The van der Waals surface area contributed by atoms with E-state index in [1.165, 1.54) is 17.0 Å². The number of likely N-dealkylation sites (tertiary alicyclic amines) is 1. The van der Waals surface area contributed by atoms with Crippen molar-refractivity contribution in [3.8, 4) is 5.75 Å². The lowest BCUT2D eigenvalue weighted by Gasteiger charge is -2.25. The largest absolute Gasteiger partial charge is 0.507 e. The van der Waals surface area contributed by atoms with Crippen molar-refractivity contribution in [2.45, 2.75) is 32.4 Å². The fourth-order valence-electron chi connectivity index (χ4n) is 4.05. The van der Waals surface area contributed by atoms with Crippen LogP contribution in [-0.2, 0) is 16.0 Å². The van der Waals surface area contributed by atoms with Gasteiger partial charge in [0.15, 0.2) is 0 Å². The molecule has 0 spiro atoms. The van der Waals surface area contributed by atoms with Crippen molar-refractivity contribution >= 4 is 17.4 Å². The molecular formula is C27H25FN2O4. The Morgan fingerprint density at radius 1 is 1.09 bits per heavy atom. The number of rotatable bonds is 7. The fraction of sp³-hybridized carbons (Fsp3) is 0.222. The maximum Gasteiger partial charge on any atom is 0.295 e. The number of ether oxygens (including phenoxy) is 1. The number of ketones is 1. The maximum absolute atomic E-state index is 13.3. The number of carbonyl (C=O) groups excluding carboxylic acids is 2. The highest BCUT2D eigenvalue weighted by Crippen LogP contribution is 2.39. The van der Waals surface area contributed by atoms with E-state index in [0.717, 1.165) is 5.56 Å². The molecule has 3 aromatic rings. The third-order valence-corrected chi connectivity index (χ3v) is 5.60. The second kappa shape index (κ2) is 9.87. The zero-order valence-corrected chi connectivity index (χ0v) is 18.9. The number of aliphatic hydroxyl groups excluding tert-OH is 1. The van der Waals surface area contributed by atoms with E-state index < -0.39 is 17.7 Å². The van der Waals surface area contributed by atoms with Gasteiger partial charge < -0.3 is 14.7 Å². The van der Waals surface area contributed by atoms with Gasteiger partial charge in [0, 0.05) is 24.5 Å². The number of carbonyl (C=O) groups is 2. The van der Waals surface area contributed by atoms with Gasteiger partial charge >= 0.3 is 0 Å². The lowest BCUT2D eigenvalue weighted by molar-refractivity contribution is -0.139. The van der Waals surface area contributed by atoms with Crippen LogP contribution in [0.15, 0.2) is 78.6 Å². The standard InChI is InChI=1S/C27H25FN2O4/c1-17(2)34-22-5-3-4-20(16-22)25(31)23-24(19-10-13-29-14-11-19)30(27(33)26(23)32)15-12-18-6-8-21(28)9-7-18/h3-11,13-14,16-17,24,31H,12,15H2,1-2H3/b25-23-. The van der Waals surface area contributed by atoms with Gasteiger partial charge in [-0.1, -0.05) is 24.3 Å². The molecule has 1 atom stereocenters. The Bertz CT molecular complexity index is 1220. The number of hydrogen-bond acceptors (Lipinski definition) is 5. The van der Waals surface area contributed by atoms with Crippen LogP contribution in [0, 0.1) is 5.82 Å². The number of hydrogen-bond donors (Lipinski definition) is 1. The van der Waals surface area contributed by atoms with Crippen LogP contribution in [-0.4, -0.2) is 39.3 Å². The molecule has 174 valence electrons. The summed E-state index contributed by atoms with van der Waals surface area (Å²) in [6.45, 7) is 4.00. The molecule has 0 saturated carbocycles. The number of nitrogens with zero attached hydrogens (tertiary/aromatic N) is 2. The van der Waals surface area contributed by atoms with Crippen LogP contribution in [0.3, 0.4) is 0 Å². The Balaban J connectivity index is 1.74. The summed E-state index contributed by atoms with van der Waals surface area (Å²) in [5.41, 5.74) is 1.88. The molecule has 0 aliphatic carbocycles. The molecule has 1 unspecified atom stereocenters. The van der Waals surface area contributed by atoms with Crippen LogP contribution in [0.4, 0.5) is 4.39 Å². The predicted octanol–water partition coefficient (Wildman–Crippen LogP) is 4.67. The van der Waals surface area contributed by atoms with E-state index in [0.29, 0.717) is 23.3 Å². The first-order valence-corrected chi connectivity index (χ1v) is 11.0. The van der Waals surface area contributed by atoms with Gasteiger partial charge in [-0.3, -0.25) is 14.6 Å². The molecule has 0 radical (unpaired) electrons. The van der Waals surface area contributed by atoms with Crippen LogP contribution in [0.25, 0.3) is 5.76 Å². The maximum atomic E-state index is 13.3. The lowest BCUT2D eigenvalue weighted by atomic mass is 9.95.